The van der Waals surface area contributed by atoms with Gasteiger partial charge in [0.05, 0.1) is 7.11 Å². The molecule has 0 saturated carbocycles. The fourth-order valence-corrected chi connectivity index (χ4v) is 2.82. The number of hydrogen-bond acceptors (Lipinski definition) is 3. The van der Waals surface area contributed by atoms with Crippen LogP contribution in [-0.4, -0.2) is 13.8 Å². The lowest BCUT2D eigenvalue weighted by Gasteiger charge is -2.34. The summed E-state index contributed by atoms with van der Waals surface area (Å²) >= 11 is 0. The molecule has 116 valence electrons. The Kier molecular flexibility index (Phi) is 3.73. The van der Waals surface area contributed by atoms with E-state index < -0.39 is 0 Å². The van der Waals surface area contributed by atoms with E-state index in [-0.39, 0.29) is 5.41 Å². The molecule has 3 nitrogen and oxygen atoms in total. The minimum Gasteiger partial charge on any atom is -0.497 e. The molecule has 0 saturated heterocycles. The van der Waals surface area contributed by atoms with Crippen molar-refractivity contribution in [2.45, 2.75) is 32.7 Å². The van der Waals surface area contributed by atoms with Crippen molar-refractivity contribution in [3.63, 3.8) is 0 Å². The minimum absolute atomic E-state index is 0.0909. The molecule has 3 rings (SSSR count). The molecule has 0 bridgehead atoms. The summed E-state index contributed by atoms with van der Waals surface area (Å²) in [6.07, 6.45) is 0. The summed E-state index contributed by atoms with van der Waals surface area (Å²) < 4.78 is 11.3. The van der Waals surface area contributed by atoms with Crippen LogP contribution in [0.4, 0.5) is 5.69 Å². The topological polar surface area (TPSA) is 21.7 Å². The SMILES string of the molecule is COc1ccc(N2COc3c(cccc3C(C)(C)C)C2)cc1. The zero-order valence-corrected chi connectivity index (χ0v) is 13.7. The predicted octanol–water partition coefficient (Wildman–Crippen LogP) is 4.35. The largest absolute Gasteiger partial charge is 0.497 e. The summed E-state index contributed by atoms with van der Waals surface area (Å²) in [5.74, 6) is 1.93. The maximum absolute atomic E-state index is 6.10. The summed E-state index contributed by atoms with van der Waals surface area (Å²) in [6, 6.07) is 14.6. The number of ether oxygens (including phenoxy) is 2. The van der Waals surface area contributed by atoms with Crippen molar-refractivity contribution < 1.29 is 9.47 Å². The van der Waals surface area contributed by atoms with Crippen LogP contribution in [0.2, 0.25) is 0 Å². The molecule has 3 heteroatoms. The number of para-hydroxylation sites is 1. The second-order valence-electron chi connectivity index (χ2n) is 6.71. The van der Waals surface area contributed by atoms with Gasteiger partial charge in [-0.25, -0.2) is 0 Å². The van der Waals surface area contributed by atoms with Gasteiger partial charge in [-0.1, -0.05) is 39.0 Å². The molecule has 1 heterocycles. The maximum atomic E-state index is 6.10. The first-order valence-corrected chi connectivity index (χ1v) is 7.63. The van der Waals surface area contributed by atoms with Gasteiger partial charge < -0.3 is 14.4 Å². The summed E-state index contributed by atoms with van der Waals surface area (Å²) in [4.78, 5) is 2.23. The van der Waals surface area contributed by atoms with Gasteiger partial charge in [-0.15, -0.1) is 0 Å². The van der Waals surface area contributed by atoms with E-state index in [4.69, 9.17) is 9.47 Å². The fourth-order valence-electron chi connectivity index (χ4n) is 2.82. The van der Waals surface area contributed by atoms with Crippen LogP contribution in [0.1, 0.15) is 31.9 Å². The van der Waals surface area contributed by atoms with E-state index in [0.717, 1.165) is 23.7 Å². The zero-order valence-electron chi connectivity index (χ0n) is 13.7. The average Bonchev–Trinajstić information content (AvgIpc) is 2.53. The van der Waals surface area contributed by atoms with Crippen molar-refractivity contribution in [3.05, 3.63) is 53.6 Å². The van der Waals surface area contributed by atoms with Gasteiger partial charge >= 0.3 is 0 Å². The molecule has 1 aliphatic rings. The molecule has 2 aromatic carbocycles. The predicted molar refractivity (Wildman–Crippen MR) is 89.8 cm³/mol. The highest BCUT2D eigenvalue weighted by atomic mass is 16.5. The Bertz CT molecular complexity index is 656. The molecule has 0 spiro atoms. The number of fused-ring (bicyclic) bond motifs is 1. The van der Waals surface area contributed by atoms with Crippen molar-refractivity contribution >= 4 is 5.69 Å². The van der Waals surface area contributed by atoms with Gasteiger partial charge in [0.1, 0.15) is 11.5 Å². The van der Waals surface area contributed by atoms with Crippen molar-refractivity contribution in [2.75, 3.05) is 18.7 Å². The molecule has 0 unspecified atom stereocenters. The molecule has 0 radical (unpaired) electrons. The molecule has 1 aliphatic heterocycles. The summed E-state index contributed by atoms with van der Waals surface area (Å²) in [6.45, 7) is 8.11. The second kappa shape index (κ2) is 5.56. The van der Waals surface area contributed by atoms with E-state index in [1.165, 1.54) is 11.1 Å². The number of rotatable bonds is 2. The Morgan fingerprint density at radius 1 is 1.05 bits per heavy atom. The van der Waals surface area contributed by atoms with Gasteiger partial charge in [-0.2, -0.15) is 0 Å². The molecule has 0 atom stereocenters. The second-order valence-corrected chi connectivity index (χ2v) is 6.71. The van der Waals surface area contributed by atoms with Gasteiger partial charge in [0, 0.05) is 17.8 Å². The molecule has 0 fully saturated rings. The third-order valence-electron chi connectivity index (χ3n) is 4.07. The Hall–Kier alpha value is -2.16. The standard InChI is InChI=1S/C19H23NO2/c1-19(2,3)17-7-5-6-14-12-20(13-22-18(14)17)15-8-10-16(21-4)11-9-15/h5-11H,12-13H2,1-4H3. The number of nitrogens with zero attached hydrogens (tertiary/aromatic N) is 1. The number of anilines is 1. The van der Waals surface area contributed by atoms with Crippen molar-refractivity contribution in [3.8, 4) is 11.5 Å². The minimum atomic E-state index is 0.0909. The normalized spacial score (nSPS) is 14.3. The Labute approximate surface area is 132 Å². The molecule has 22 heavy (non-hydrogen) atoms. The van der Waals surface area contributed by atoms with Crippen LogP contribution in [0.5, 0.6) is 11.5 Å². The Balaban J connectivity index is 1.88. The average molecular weight is 297 g/mol. The number of hydrogen-bond donors (Lipinski definition) is 0. The van der Waals surface area contributed by atoms with E-state index >= 15 is 0 Å². The molecule has 0 aromatic heterocycles. The van der Waals surface area contributed by atoms with E-state index in [1.807, 2.05) is 12.1 Å². The maximum Gasteiger partial charge on any atom is 0.161 e. The van der Waals surface area contributed by atoms with Crippen molar-refractivity contribution in [1.82, 2.24) is 0 Å². The van der Waals surface area contributed by atoms with Gasteiger partial charge in [0.15, 0.2) is 6.73 Å². The molecule has 0 aliphatic carbocycles. The van der Waals surface area contributed by atoms with Crippen LogP contribution >= 0.6 is 0 Å². The first-order chi connectivity index (χ1) is 10.5. The van der Waals surface area contributed by atoms with Crippen LogP contribution < -0.4 is 14.4 Å². The fraction of sp³-hybridized carbons (Fsp3) is 0.368. The van der Waals surface area contributed by atoms with Gasteiger partial charge in [-0.3, -0.25) is 0 Å². The van der Waals surface area contributed by atoms with E-state index in [1.54, 1.807) is 7.11 Å². The zero-order chi connectivity index (χ0) is 15.7. The van der Waals surface area contributed by atoms with Gasteiger partial charge in [-0.05, 0) is 35.2 Å². The third kappa shape index (κ3) is 2.76. The number of benzene rings is 2. The van der Waals surface area contributed by atoms with Gasteiger partial charge in [0.2, 0.25) is 0 Å². The van der Waals surface area contributed by atoms with E-state index in [9.17, 15) is 0 Å². The highest BCUT2D eigenvalue weighted by molar-refractivity contribution is 5.54. The monoisotopic (exact) mass is 297 g/mol. The Morgan fingerprint density at radius 2 is 1.77 bits per heavy atom. The summed E-state index contributed by atoms with van der Waals surface area (Å²) in [7, 11) is 1.68. The molecule has 2 aromatic rings. The lowest BCUT2D eigenvalue weighted by atomic mass is 9.85. The molecule has 0 amide bonds. The van der Waals surface area contributed by atoms with Crippen LogP contribution in [0.3, 0.4) is 0 Å². The highest BCUT2D eigenvalue weighted by Gasteiger charge is 2.25. The smallest absolute Gasteiger partial charge is 0.161 e. The van der Waals surface area contributed by atoms with E-state index in [0.29, 0.717) is 6.73 Å². The highest BCUT2D eigenvalue weighted by Crippen LogP contribution is 2.37. The van der Waals surface area contributed by atoms with Gasteiger partial charge in [0.25, 0.3) is 0 Å². The van der Waals surface area contributed by atoms with Crippen LogP contribution in [-0.2, 0) is 12.0 Å². The van der Waals surface area contributed by atoms with Crippen LogP contribution in [0.25, 0.3) is 0 Å². The van der Waals surface area contributed by atoms with Crippen LogP contribution in [0, 0.1) is 0 Å². The molecular weight excluding hydrogens is 274 g/mol. The lowest BCUT2D eigenvalue weighted by Crippen LogP contribution is -2.33. The van der Waals surface area contributed by atoms with Crippen molar-refractivity contribution in [2.24, 2.45) is 0 Å². The first-order valence-electron chi connectivity index (χ1n) is 7.63. The summed E-state index contributed by atoms with van der Waals surface area (Å²) in [5, 5.41) is 0. The first kappa shape index (κ1) is 14.8. The number of methoxy groups -OCH3 is 1. The summed E-state index contributed by atoms with van der Waals surface area (Å²) in [5.41, 5.74) is 3.76. The molecular formula is C19H23NO2. The third-order valence-corrected chi connectivity index (χ3v) is 4.07. The quantitative estimate of drug-likeness (QED) is 0.822. The van der Waals surface area contributed by atoms with E-state index in [2.05, 4.69) is 56.0 Å². The lowest BCUT2D eigenvalue weighted by molar-refractivity contribution is 0.281. The Morgan fingerprint density at radius 3 is 2.41 bits per heavy atom. The van der Waals surface area contributed by atoms with Crippen molar-refractivity contribution in [1.29, 1.82) is 0 Å². The molecule has 0 N–H and O–H groups in total. The van der Waals surface area contributed by atoms with Crippen LogP contribution in [0.15, 0.2) is 42.5 Å².